The fourth-order valence-corrected chi connectivity index (χ4v) is 1.13. The first kappa shape index (κ1) is 10.5. The molecular weight excluding hydrogens is 168 g/mol. The lowest BCUT2D eigenvalue weighted by Crippen LogP contribution is -2.37. The van der Waals surface area contributed by atoms with Crippen molar-refractivity contribution >= 4 is 18.5 Å². The van der Waals surface area contributed by atoms with Gasteiger partial charge in [-0.3, -0.25) is 0 Å². The highest BCUT2D eigenvalue weighted by atomic mass is 35.5. The number of carboxylic acid groups (broad SMARTS) is 1. The summed E-state index contributed by atoms with van der Waals surface area (Å²) < 4.78 is 0. The van der Waals surface area contributed by atoms with E-state index in [4.69, 9.17) is 5.11 Å². The average molecular weight is 181 g/mol. The molecule has 11 heavy (non-hydrogen) atoms. The van der Waals surface area contributed by atoms with E-state index >= 15 is 0 Å². The van der Waals surface area contributed by atoms with Gasteiger partial charge in [-0.2, -0.15) is 0 Å². The lowest BCUT2D eigenvalue weighted by molar-refractivity contribution is 0.142. The molecule has 0 radical (unpaired) electrons. The molecule has 0 bridgehead atoms. The molecule has 1 atom stereocenters. The highest BCUT2D eigenvalue weighted by Crippen LogP contribution is 2.05. The fraction of sp³-hybridized carbons (Fsp3) is 0.833. The SMILES string of the molecule is CN(C(=O)O)C1CCNC1.Cl. The zero-order valence-electron chi connectivity index (χ0n) is 6.41. The fourth-order valence-electron chi connectivity index (χ4n) is 1.13. The first-order valence-electron chi connectivity index (χ1n) is 3.38. The van der Waals surface area contributed by atoms with Crippen molar-refractivity contribution in [2.24, 2.45) is 0 Å². The van der Waals surface area contributed by atoms with Gasteiger partial charge in [-0.1, -0.05) is 0 Å². The topological polar surface area (TPSA) is 52.6 Å². The standard InChI is InChI=1S/C6H12N2O2.ClH/c1-8(6(9)10)5-2-3-7-4-5;/h5,7H,2-4H2,1H3,(H,9,10);1H. The summed E-state index contributed by atoms with van der Waals surface area (Å²) in [6, 6.07) is 0.178. The Morgan fingerprint density at radius 3 is 2.73 bits per heavy atom. The maximum absolute atomic E-state index is 10.4. The molecule has 1 saturated heterocycles. The highest BCUT2D eigenvalue weighted by Gasteiger charge is 2.21. The van der Waals surface area contributed by atoms with Gasteiger partial charge >= 0.3 is 6.09 Å². The van der Waals surface area contributed by atoms with E-state index in [2.05, 4.69) is 5.32 Å². The first-order chi connectivity index (χ1) is 4.72. The number of amides is 1. The molecule has 1 fully saturated rings. The van der Waals surface area contributed by atoms with Gasteiger partial charge < -0.3 is 15.3 Å². The maximum atomic E-state index is 10.4. The van der Waals surface area contributed by atoms with E-state index in [0.717, 1.165) is 19.5 Å². The number of hydrogen-bond acceptors (Lipinski definition) is 2. The molecule has 1 unspecified atom stereocenters. The minimum atomic E-state index is -0.839. The molecule has 0 aromatic carbocycles. The molecule has 1 heterocycles. The van der Waals surface area contributed by atoms with Crippen LogP contribution in [0.25, 0.3) is 0 Å². The van der Waals surface area contributed by atoms with E-state index in [1.54, 1.807) is 7.05 Å². The Labute approximate surface area is 72.0 Å². The van der Waals surface area contributed by atoms with Crippen molar-refractivity contribution in [3.8, 4) is 0 Å². The Hall–Kier alpha value is -0.480. The summed E-state index contributed by atoms with van der Waals surface area (Å²) in [4.78, 5) is 11.7. The molecular formula is C6H13ClN2O2. The van der Waals surface area contributed by atoms with Gasteiger partial charge in [0.1, 0.15) is 0 Å². The minimum absolute atomic E-state index is 0. The number of nitrogens with one attached hydrogen (secondary N) is 1. The maximum Gasteiger partial charge on any atom is 0.407 e. The van der Waals surface area contributed by atoms with E-state index in [0.29, 0.717) is 0 Å². The van der Waals surface area contributed by atoms with Gasteiger partial charge in [0.05, 0.1) is 0 Å². The quantitative estimate of drug-likeness (QED) is 0.614. The van der Waals surface area contributed by atoms with Crippen LogP contribution in [0.1, 0.15) is 6.42 Å². The lowest BCUT2D eigenvalue weighted by Gasteiger charge is -2.19. The van der Waals surface area contributed by atoms with Crippen LogP contribution in [0.2, 0.25) is 0 Å². The Bertz CT molecular complexity index is 137. The Morgan fingerprint density at radius 2 is 2.36 bits per heavy atom. The van der Waals surface area contributed by atoms with Crippen molar-refractivity contribution in [1.29, 1.82) is 0 Å². The molecule has 1 amide bonds. The van der Waals surface area contributed by atoms with Crippen LogP contribution >= 0.6 is 12.4 Å². The molecule has 0 aliphatic carbocycles. The first-order valence-corrected chi connectivity index (χ1v) is 3.38. The third-order valence-corrected chi connectivity index (χ3v) is 1.88. The van der Waals surface area contributed by atoms with E-state index in [1.807, 2.05) is 0 Å². The molecule has 0 aromatic rings. The van der Waals surface area contributed by atoms with E-state index in [1.165, 1.54) is 4.90 Å². The summed E-state index contributed by atoms with van der Waals surface area (Å²) in [6.45, 7) is 1.73. The van der Waals surface area contributed by atoms with Crippen molar-refractivity contribution in [2.75, 3.05) is 20.1 Å². The molecule has 1 rings (SSSR count). The molecule has 4 nitrogen and oxygen atoms in total. The van der Waals surface area contributed by atoms with Gasteiger partial charge in [-0.25, -0.2) is 4.79 Å². The van der Waals surface area contributed by atoms with Crippen molar-refractivity contribution in [3.05, 3.63) is 0 Å². The molecule has 0 aromatic heterocycles. The summed E-state index contributed by atoms with van der Waals surface area (Å²) >= 11 is 0. The molecule has 2 N–H and O–H groups in total. The van der Waals surface area contributed by atoms with Crippen molar-refractivity contribution in [2.45, 2.75) is 12.5 Å². The van der Waals surface area contributed by atoms with Crippen molar-refractivity contribution < 1.29 is 9.90 Å². The monoisotopic (exact) mass is 180 g/mol. The van der Waals surface area contributed by atoms with Crippen LogP contribution < -0.4 is 5.32 Å². The van der Waals surface area contributed by atoms with Crippen LogP contribution in [0, 0.1) is 0 Å². The van der Waals surface area contributed by atoms with E-state index in [9.17, 15) is 4.79 Å². The van der Waals surface area contributed by atoms with Gasteiger partial charge in [-0.05, 0) is 13.0 Å². The molecule has 0 saturated carbocycles. The second-order valence-electron chi connectivity index (χ2n) is 2.54. The Balaban J connectivity index is 0.000001000. The van der Waals surface area contributed by atoms with E-state index in [-0.39, 0.29) is 18.4 Å². The molecule has 1 aliphatic heterocycles. The van der Waals surface area contributed by atoms with Crippen molar-refractivity contribution in [1.82, 2.24) is 10.2 Å². The zero-order valence-corrected chi connectivity index (χ0v) is 7.23. The van der Waals surface area contributed by atoms with Crippen molar-refractivity contribution in [3.63, 3.8) is 0 Å². The van der Waals surface area contributed by atoms with E-state index < -0.39 is 6.09 Å². The number of hydrogen-bond donors (Lipinski definition) is 2. The molecule has 5 heteroatoms. The number of halogens is 1. The summed E-state index contributed by atoms with van der Waals surface area (Å²) in [5.74, 6) is 0. The van der Waals surface area contributed by atoms with Crippen LogP contribution in [-0.2, 0) is 0 Å². The van der Waals surface area contributed by atoms with Gasteiger partial charge in [0.25, 0.3) is 0 Å². The number of likely N-dealkylation sites (N-methyl/N-ethyl adjacent to an activating group) is 1. The molecule has 1 aliphatic rings. The Morgan fingerprint density at radius 1 is 1.73 bits per heavy atom. The smallest absolute Gasteiger partial charge is 0.407 e. The number of carbonyl (C=O) groups is 1. The second kappa shape index (κ2) is 4.41. The molecule has 0 spiro atoms. The van der Waals surface area contributed by atoms with Gasteiger partial charge in [-0.15, -0.1) is 12.4 Å². The number of rotatable bonds is 1. The summed E-state index contributed by atoms with van der Waals surface area (Å²) in [7, 11) is 1.61. The molecule has 66 valence electrons. The zero-order chi connectivity index (χ0) is 7.56. The normalized spacial score (nSPS) is 22.5. The van der Waals surface area contributed by atoms with Crippen LogP contribution in [-0.4, -0.2) is 42.3 Å². The van der Waals surface area contributed by atoms with Crippen LogP contribution in [0.5, 0.6) is 0 Å². The van der Waals surface area contributed by atoms with Gasteiger partial charge in [0, 0.05) is 19.6 Å². The van der Waals surface area contributed by atoms with Gasteiger partial charge in [0.2, 0.25) is 0 Å². The third-order valence-electron chi connectivity index (χ3n) is 1.88. The predicted octanol–water partition coefficient (Wildman–Crippen LogP) is 0.380. The minimum Gasteiger partial charge on any atom is -0.465 e. The van der Waals surface area contributed by atoms with Crippen LogP contribution in [0.4, 0.5) is 4.79 Å². The summed E-state index contributed by atoms with van der Waals surface area (Å²) in [6.07, 6.45) is 0.0942. The van der Waals surface area contributed by atoms with Crippen LogP contribution in [0.15, 0.2) is 0 Å². The number of nitrogens with zero attached hydrogens (tertiary/aromatic N) is 1. The average Bonchev–Trinajstić information content (AvgIpc) is 2.36. The summed E-state index contributed by atoms with van der Waals surface area (Å²) in [5.41, 5.74) is 0. The second-order valence-corrected chi connectivity index (χ2v) is 2.54. The van der Waals surface area contributed by atoms with Gasteiger partial charge in [0.15, 0.2) is 0 Å². The third kappa shape index (κ3) is 2.55. The highest BCUT2D eigenvalue weighted by molar-refractivity contribution is 5.85. The largest absolute Gasteiger partial charge is 0.465 e. The Kier molecular flexibility index (Phi) is 4.22. The predicted molar refractivity (Wildman–Crippen MR) is 44.3 cm³/mol. The summed E-state index contributed by atoms with van der Waals surface area (Å²) in [5, 5.41) is 11.6. The lowest BCUT2D eigenvalue weighted by atomic mass is 10.2. The van der Waals surface area contributed by atoms with Crippen LogP contribution in [0.3, 0.4) is 0 Å².